The van der Waals surface area contributed by atoms with E-state index >= 15 is 0 Å². The summed E-state index contributed by atoms with van der Waals surface area (Å²) in [7, 11) is 0. The molecule has 2 heterocycles. The number of aryl methyl sites for hydroxylation is 3. The first-order valence-corrected chi connectivity index (χ1v) is 7.35. The monoisotopic (exact) mass is 270 g/mol. The summed E-state index contributed by atoms with van der Waals surface area (Å²) in [6.45, 7) is 8.59. The molecule has 1 saturated heterocycles. The molecule has 1 aliphatic heterocycles. The van der Waals surface area contributed by atoms with E-state index in [2.05, 4.69) is 53.0 Å². The van der Waals surface area contributed by atoms with Crippen molar-refractivity contribution in [3.8, 4) is 5.69 Å². The van der Waals surface area contributed by atoms with Crippen LogP contribution in [0, 0.1) is 20.8 Å². The first-order chi connectivity index (χ1) is 9.66. The van der Waals surface area contributed by atoms with Crippen molar-refractivity contribution < 1.29 is 0 Å². The Hall–Kier alpha value is -1.68. The smallest absolute Gasteiger partial charge is 0.141 e. The van der Waals surface area contributed by atoms with Crippen LogP contribution in [0.2, 0.25) is 0 Å². The van der Waals surface area contributed by atoms with E-state index < -0.39 is 0 Å². The molecule has 1 aromatic heterocycles. The van der Waals surface area contributed by atoms with E-state index in [1.165, 1.54) is 35.2 Å². The van der Waals surface area contributed by atoms with E-state index in [1.54, 1.807) is 0 Å². The molecule has 0 amide bonds. The summed E-state index contributed by atoms with van der Waals surface area (Å²) in [5, 5.41) is 12.0. The first-order valence-electron chi connectivity index (χ1n) is 7.35. The second-order valence-corrected chi connectivity index (χ2v) is 5.85. The average molecular weight is 270 g/mol. The Kier molecular flexibility index (Phi) is 3.57. The van der Waals surface area contributed by atoms with Crippen LogP contribution in [0.15, 0.2) is 18.5 Å². The number of hydrogen-bond acceptors (Lipinski definition) is 3. The van der Waals surface area contributed by atoms with Gasteiger partial charge in [-0.3, -0.25) is 4.57 Å². The number of benzene rings is 1. The topological polar surface area (TPSA) is 42.7 Å². The summed E-state index contributed by atoms with van der Waals surface area (Å²) in [5.41, 5.74) is 5.11. The Morgan fingerprint density at radius 3 is 2.60 bits per heavy atom. The summed E-state index contributed by atoms with van der Waals surface area (Å²) >= 11 is 0. The molecular formula is C16H22N4. The Labute approximate surface area is 120 Å². The van der Waals surface area contributed by atoms with Crippen LogP contribution < -0.4 is 5.32 Å². The number of nitrogens with one attached hydrogen (secondary N) is 1. The van der Waals surface area contributed by atoms with Crippen LogP contribution in [0.1, 0.15) is 41.3 Å². The number of nitrogens with zero attached hydrogens (tertiary/aromatic N) is 3. The lowest BCUT2D eigenvalue weighted by Gasteiger charge is -2.23. The van der Waals surface area contributed by atoms with Crippen molar-refractivity contribution >= 4 is 0 Å². The largest absolute Gasteiger partial charge is 0.316 e. The zero-order valence-corrected chi connectivity index (χ0v) is 12.5. The highest BCUT2D eigenvalue weighted by Gasteiger charge is 2.22. The molecule has 3 rings (SSSR count). The minimum Gasteiger partial charge on any atom is -0.316 e. The van der Waals surface area contributed by atoms with Gasteiger partial charge in [0.15, 0.2) is 0 Å². The quantitative estimate of drug-likeness (QED) is 0.912. The molecule has 1 fully saturated rings. The third-order valence-electron chi connectivity index (χ3n) is 4.11. The van der Waals surface area contributed by atoms with Crippen molar-refractivity contribution in [1.29, 1.82) is 0 Å². The van der Waals surface area contributed by atoms with Crippen LogP contribution >= 0.6 is 0 Å². The molecule has 0 bridgehead atoms. The summed E-state index contributed by atoms with van der Waals surface area (Å²) in [6.07, 6.45) is 4.26. The second kappa shape index (κ2) is 5.37. The maximum absolute atomic E-state index is 4.39. The standard InChI is InChI=1S/C16H22N4/c1-11-7-12(2)15(13(3)8-11)20-10-18-19-16(20)14-5-4-6-17-9-14/h7-8,10,14,17H,4-6,9H2,1-3H3. The van der Waals surface area contributed by atoms with E-state index in [9.17, 15) is 0 Å². The molecule has 4 nitrogen and oxygen atoms in total. The van der Waals surface area contributed by atoms with E-state index in [0.29, 0.717) is 5.92 Å². The van der Waals surface area contributed by atoms with Gasteiger partial charge in [-0.2, -0.15) is 0 Å². The summed E-state index contributed by atoms with van der Waals surface area (Å²) in [4.78, 5) is 0. The van der Waals surface area contributed by atoms with Crippen molar-refractivity contribution in [2.45, 2.75) is 39.5 Å². The van der Waals surface area contributed by atoms with Gasteiger partial charge >= 0.3 is 0 Å². The Morgan fingerprint density at radius 1 is 1.20 bits per heavy atom. The fourth-order valence-electron chi connectivity index (χ4n) is 3.32. The van der Waals surface area contributed by atoms with Gasteiger partial charge in [-0.25, -0.2) is 0 Å². The lowest BCUT2D eigenvalue weighted by atomic mass is 9.98. The second-order valence-electron chi connectivity index (χ2n) is 5.85. The van der Waals surface area contributed by atoms with Gasteiger partial charge in [-0.1, -0.05) is 17.7 Å². The fourth-order valence-corrected chi connectivity index (χ4v) is 3.32. The lowest BCUT2D eigenvalue weighted by Crippen LogP contribution is -2.30. The molecular weight excluding hydrogens is 248 g/mol. The van der Waals surface area contributed by atoms with Crippen molar-refractivity contribution in [2.24, 2.45) is 0 Å². The molecule has 1 N–H and O–H groups in total. The van der Waals surface area contributed by atoms with Crippen LogP contribution in [0.4, 0.5) is 0 Å². The minimum atomic E-state index is 0.464. The van der Waals surface area contributed by atoms with Gasteiger partial charge < -0.3 is 5.32 Å². The van der Waals surface area contributed by atoms with Gasteiger partial charge in [0.2, 0.25) is 0 Å². The Balaban J connectivity index is 2.05. The van der Waals surface area contributed by atoms with Crippen molar-refractivity contribution in [3.05, 3.63) is 41.0 Å². The van der Waals surface area contributed by atoms with E-state index in [4.69, 9.17) is 0 Å². The SMILES string of the molecule is Cc1cc(C)c(-n2cnnc2C2CCCNC2)c(C)c1. The van der Waals surface area contributed by atoms with Crippen LogP contribution in [-0.2, 0) is 0 Å². The molecule has 0 spiro atoms. The highest BCUT2D eigenvalue weighted by molar-refractivity contribution is 5.49. The normalized spacial score (nSPS) is 19.2. The van der Waals surface area contributed by atoms with E-state index in [0.717, 1.165) is 18.9 Å². The van der Waals surface area contributed by atoms with Crippen molar-refractivity contribution in [2.75, 3.05) is 13.1 Å². The van der Waals surface area contributed by atoms with Crippen LogP contribution in [0.5, 0.6) is 0 Å². The third kappa shape index (κ3) is 2.36. The first kappa shape index (κ1) is 13.3. The highest BCUT2D eigenvalue weighted by atomic mass is 15.3. The molecule has 106 valence electrons. The van der Waals surface area contributed by atoms with E-state index in [1.807, 2.05) is 6.33 Å². The molecule has 1 aromatic carbocycles. The molecule has 1 unspecified atom stereocenters. The predicted octanol–water partition coefficient (Wildman–Crippen LogP) is 2.66. The van der Waals surface area contributed by atoms with Crippen molar-refractivity contribution in [3.63, 3.8) is 0 Å². The number of hydrogen-bond donors (Lipinski definition) is 1. The maximum Gasteiger partial charge on any atom is 0.141 e. The zero-order valence-electron chi connectivity index (χ0n) is 12.5. The molecule has 2 aromatic rings. The summed E-state index contributed by atoms with van der Waals surface area (Å²) < 4.78 is 2.18. The molecule has 1 atom stereocenters. The Bertz CT molecular complexity index is 586. The highest BCUT2D eigenvalue weighted by Crippen LogP contribution is 2.27. The molecule has 0 radical (unpaired) electrons. The van der Waals surface area contributed by atoms with Gasteiger partial charge in [0.25, 0.3) is 0 Å². The summed E-state index contributed by atoms with van der Waals surface area (Å²) in [5.74, 6) is 1.55. The molecule has 0 aliphatic carbocycles. The molecule has 4 heteroatoms. The lowest BCUT2D eigenvalue weighted by molar-refractivity contribution is 0.442. The van der Waals surface area contributed by atoms with Gasteiger partial charge in [-0.05, 0) is 51.3 Å². The van der Waals surface area contributed by atoms with Gasteiger partial charge in [0, 0.05) is 12.5 Å². The number of aromatic nitrogens is 3. The number of rotatable bonds is 2. The summed E-state index contributed by atoms with van der Waals surface area (Å²) in [6, 6.07) is 4.45. The minimum absolute atomic E-state index is 0.464. The van der Waals surface area contributed by atoms with Gasteiger partial charge in [0.05, 0.1) is 5.69 Å². The molecule has 0 saturated carbocycles. The Morgan fingerprint density at radius 2 is 1.95 bits per heavy atom. The average Bonchev–Trinajstić information content (AvgIpc) is 2.87. The van der Waals surface area contributed by atoms with Crippen LogP contribution in [0.3, 0.4) is 0 Å². The fraction of sp³-hybridized carbons (Fsp3) is 0.500. The van der Waals surface area contributed by atoms with Gasteiger partial charge in [0.1, 0.15) is 12.2 Å². The maximum atomic E-state index is 4.39. The van der Waals surface area contributed by atoms with E-state index in [-0.39, 0.29) is 0 Å². The van der Waals surface area contributed by atoms with Crippen molar-refractivity contribution in [1.82, 2.24) is 20.1 Å². The zero-order chi connectivity index (χ0) is 14.1. The van der Waals surface area contributed by atoms with Gasteiger partial charge in [-0.15, -0.1) is 10.2 Å². The molecule has 1 aliphatic rings. The number of piperidine rings is 1. The molecule has 20 heavy (non-hydrogen) atoms. The third-order valence-corrected chi connectivity index (χ3v) is 4.11. The van der Waals surface area contributed by atoms with Crippen LogP contribution in [-0.4, -0.2) is 27.9 Å². The predicted molar refractivity (Wildman–Crippen MR) is 80.4 cm³/mol. The van der Waals surface area contributed by atoms with Crippen LogP contribution in [0.25, 0.3) is 5.69 Å².